The molecule has 1 aliphatic heterocycles. The Morgan fingerprint density at radius 3 is 2.59 bits per heavy atom. The first-order chi connectivity index (χ1) is 14.0. The van der Waals surface area contributed by atoms with Crippen molar-refractivity contribution >= 4 is 16.8 Å². The van der Waals surface area contributed by atoms with E-state index in [0.717, 1.165) is 69.2 Å². The highest BCUT2D eigenvalue weighted by molar-refractivity contribution is 5.72. The molecule has 0 N–H and O–H groups in total. The van der Waals surface area contributed by atoms with Gasteiger partial charge in [-0.2, -0.15) is 13.2 Å². The lowest BCUT2D eigenvalue weighted by Crippen LogP contribution is -2.46. The molecule has 1 saturated heterocycles. The SMILES string of the molecule is FC(F)(F)c1cccc(N2CCN(CCCCc3ccc4ncoc4c3)CC2)c1. The summed E-state index contributed by atoms with van der Waals surface area (Å²) in [5, 5.41) is 0. The number of aromatic nitrogens is 1. The monoisotopic (exact) mass is 403 g/mol. The minimum absolute atomic E-state index is 0.582. The standard InChI is InChI=1S/C22H24F3N3O/c23-22(24,25)18-5-3-6-19(15-18)28-12-10-27(11-13-28)9-2-1-4-17-7-8-20-21(14-17)29-16-26-20/h3,5-8,14-16H,1-2,4,9-13H2. The van der Waals surface area contributed by atoms with E-state index in [2.05, 4.69) is 22.0 Å². The number of fused-ring (bicyclic) bond motifs is 1. The van der Waals surface area contributed by atoms with Crippen molar-refractivity contribution < 1.29 is 17.6 Å². The van der Waals surface area contributed by atoms with Crippen molar-refractivity contribution in [3.05, 3.63) is 60.0 Å². The summed E-state index contributed by atoms with van der Waals surface area (Å²) in [5.74, 6) is 0. The van der Waals surface area contributed by atoms with E-state index in [1.54, 1.807) is 6.07 Å². The zero-order valence-corrected chi connectivity index (χ0v) is 16.2. The molecular formula is C22H24F3N3O. The fourth-order valence-corrected chi connectivity index (χ4v) is 3.83. The van der Waals surface area contributed by atoms with Crippen LogP contribution in [0.1, 0.15) is 24.0 Å². The summed E-state index contributed by atoms with van der Waals surface area (Å²) < 4.78 is 44.1. The average Bonchev–Trinajstić information content (AvgIpc) is 3.19. The number of alkyl halides is 3. The highest BCUT2D eigenvalue weighted by atomic mass is 19.4. The number of piperazine rings is 1. The molecule has 0 spiro atoms. The van der Waals surface area contributed by atoms with E-state index in [0.29, 0.717) is 5.69 Å². The Balaban J connectivity index is 1.21. The maximum atomic E-state index is 12.9. The molecule has 2 heterocycles. The first-order valence-electron chi connectivity index (χ1n) is 9.96. The van der Waals surface area contributed by atoms with Crippen LogP contribution in [0.4, 0.5) is 18.9 Å². The molecule has 0 unspecified atom stereocenters. The molecule has 4 nitrogen and oxygen atoms in total. The molecule has 1 aromatic heterocycles. The number of hydrogen-bond donors (Lipinski definition) is 0. The number of rotatable bonds is 6. The van der Waals surface area contributed by atoms with Gasteiger partial charge >= 0.3 is 6.18 Å². The van der Waals surface area contributed by atoms with Gasteiger partial charge in [-0.1, -0.05) is 12.1 Å². The van der Waals surface area contributed by atoms with Gasteiger partial charge in [0, 0.05) is 31.9 Å². The zero-order chi connectivity index (χ0) is 20.3. The number of hydrogen-bond acceptors (Lipinski definition) is 4. The third-order valence-corrected chi connectivity index (χ3v) is 5.50. The summed E-state index contributed by atoms with van der Waals surface area (Å²) in [7, 11) is 0. The smallest absolute Gasteiger partial charge is 0.416 e. The molecular weight excluding hydrogens is 379 g/mol. The van der Waals surface area contributed by atoms with Crippen molar-refractivity contribution in [3.63, 3.8) is 0 Å². The zero-order valence-electron chi connectivity index (χ0n) is 16.2. The van der Waals surface area contributed by atoms with Crippen molar-refractivity contribution in [1.29, 1.82) is 0 Å². The molecule has 0 aliphatic carbocycles. The van der Waals surface area contributed by atoms with Gasteiger partial charge in [0.1, 0.15) is 5.52 Å². The van der Waals surface area contributed by atoms with Gasteiger partial charge < -0.3 is 9.32 Å². The lowest BCUT2D eigenvalue weighted by molar-refractivity contribution is -0.137. The quantitative estimate of drug-likeness (QED) is 0.543. The largest absolute Gasteiger partial charge is 0.443 e. The van der Waals surface area contributed by atoms with Crippen LogP contribution in [-0.4, -0.2) is 42.6 Å². The molecule has 1 aliphatic rings. The van der Waals surface area contributed by atoms with Crippen molar-refractivity contribution in [3.8, 4) is 0 Å². The summed E-state index contributed by atoms with van der Waals surface area (Å²) in [6, 6.07) is 11.8. The number of aryl methyl sites for hydroxylation is 1. The van der Waals surface area contributed by atoms with E-state index in [1.165, 1.54) is 24.1 Å². The summed E-state index contributed by atoms with van der Waals surface area (Å²) in [4.78, 5) is 8.56. The minimum atomic E-state index is -4.30. The van der Waals surface area contributed by atoms with Gasteiger partial charge in [-0.05, 0) is 61.7 Å². The molecule has 0 amide bonds. The molecule has 4 rings (SSSR count). The fourth-order valence-electron chi connectivity index (χ4n) is 3.83. The number of nitrogens with zero attached hydrogens (tertiary/aromatic N) is 3. The van der Waals surface area contributed by atoms with Crippen LogP contribution >= 0.6 is 0 Å². The van der Waals surface area contributed by atoms with Crippen LogP contribution in [0.25, 0.3) is 11.1 Å². The van der Waals surface area contributed by atoms with Crippen LogP contribution in [-0.2, 0) is 12.6 Å². The molecule has 0 radical (unpaired) electrons. The third-order valence-electron chi connectivity index (χ3n) is 5.50. The van der Waals surface area contributed by atoms with E-state index in [1.807, 2.05) is 11.0 Å². The summed E-state index contributed by atoms with van der Waals surface area (Å²) in [6.45, 7) is 4.27. The third kappa shape index (κ3) is 4.90. The Hall–Kier alpha value is -2.54. The summed E-state index contributed by atoms with van der Waals surface area (Å²) in [5.41, 5.74) is 3.03. The fraction of sp³-hybridized carbons (Fsp3) is 0.409. The van der Waals surface area contributed by atoms with Crippen molar-refractivity contribution in [2.75, 3.05) is 37.6 Å². The maximum Gasteiger partial charge on any atom is 0.416 e. The Morgan fingerprint density at radius 1 is 0.966 bits per heavy atom. The molecule has 154 valence electrons. The normalized spacial score (nSPS) is 15.9. The first kappa shape index (κ1) is 19.8. The summed E-state index contributed by atoms with van der Waals surface area (Å²) in [6.07, 6.45) is 0.357. The van der Waals surface area contributed by atoms with Gasteiger partial charge in [-0.15, -0.1) is 0 Å². The van der Waals surface area contributed by atoms with Crippen LogP contribution in [0, 0.1) is 0 Å². The molecule has 29 heavy (non-hydrogen) atoms. The van der Waals surface area contributed by atoms with Crippen LogP contribution in [0.3, 0.4) is 0 Å². The maximum absolute atomic E-state index is 12.9. The number of benzene rings is 2. The topological polar surface area (TPSA) is 32.5 Å². The molecule has 0 atom stereocenters. The second-order valence-electron chi connectivity index (χ2n) is 7.49. The number of oxazole rings is 1. The van der Waals surface area contributed by atoms with Crippen LogP contribution in [0.15, 0.2) is 53.3 Å². The Labute approximate surface area is 167 Å². The Kier molecular flexibility index (Phi) is 5.76. The van der Waals surface area contributed by atoms with Gasteiger partial charge in [-0.3, -0.25) is 4.90 Å². The number of anilines is 1. The Morgan fingerprint density at radius 2 is 1.79 bits per heavy atom. The predicted molar refractivity (Wildman–Crippen MR) is 107 cm³/mol. The van der Waals surface area contributed by atoms with E-state index >= 15 is 0 Å². The van der Waals surface area contributed by atoms with Gasteiger partial charge in [0.05, 0.1) is 5.56 Å². The van der Waals surface area contributed by atoms with Gasteiger partial charge in [0.25, 0.3) is 0 Å². The number of halogens is 3. The van der Waals surface area contributed by atoms with Crippen molar-refractivity contribution in [1.82, 2.24) is 9.88 Å². The van der Waals surface area contributed by atoms with Crippen LogP contribution < -0.4 is 4.90 Å². The van der Waals surface area contributed by atoms with Crippen molar-refractivity contribution in [2.45, 2.75) is 25.4 Å². The highest BCUT2D eigenvalue weighted by Crippen LogP contribution is 2.31. The number of unbranched alkanes of at least 4 members (excludes halogenated alkanes) is 1. The van der Waals surface area contributed by atoms with Crippen molar-refractivity contribution in [2.24, 2.45) is 0 Å². The van der Waals surface area contributed by atoms with Gasteiger partial charge in [-0.25, -0.2) is 4.98 Å². The lowest BCUT2D eigenvalue weighted by atomic mass is 10.1. The molecule has 2 aromatic carbocycles. The molecule has 0 saturated carbocycles. The Bertz CT molecular complexity index is 946. The van der Waals surface area contributed by atoms with Crippen LogP contribution in [0.5, 0.6) is 0 Å². The second kappa shape index (κ2) is 8.45. The van der Waals surface area contributed by atoms with E-state index in [9.17, 15) is 13.2 Å². The molecule has 0 bridgehead atoms. The van der Waals surface area contributed by atoms with E-state index in [-0.39, 0.29) is 0 Å². The van der Waals surface area contributed by atoms with Gasteiger partial charge in [0.15, 0.2) is 12.0 Å². The minimum Gasteiger partial charge on any atom is -0.443 e. The molecule has 7 heteroatoms. The first-order valence-corrected chi connectivity index (χ1v) is 9.96. The van der Waals surface area contributed by atoms with Gasteiger partial charge in [0.2, 0.25) is 0 Å². The predicted octanol–water partition coefficient (Wildman–Crippen LogP) is 4.99. The summed E-state index contributed by atoms with van der Waals surface area (Å²) >= 11 is 0. The average molecular weight is 403 g/mol. The van der Waals surface area contributed by atoms with E-state index < -0.39 is 11.7 Å². The van der Waals surface area contributed by atoms with Crippen LogP contribution in [0.2, 0.25) is 0 Å². The molecule has 1 fully saturated rings. The highest BCUT2D eigenvalue weighted by Gasteiger charge is 2.31. The molecule has 3 aromatic rings. The lowest BCUT2D eigenvalue weighted by Gasteiger charge is -2.36. The second-order valence-corrected chi connectivity index (χ2v) is 7.49. The van der Waals surface area contributed by atoms with E-state index in [4.69, 9.17) is 4.42 Å².